The van der Waals surface area contributed by atoms with E-state index < -0.39 is 0 Å². The lowest BCUT2D eigenvalue weighted by Crippen LogP contribution is -2.32. The van der Waals surface area contributed by atoms with E-state index in [4.69, 9.17) is 10.00 Å². The van der Waals surface area contributed by atoms with Gasteiger partial charge in [0.15, 0.2) is 0 Å². The van der Waals surface area contributed by atoms with Gasteiger partial charge in [-0.25, -0.2) is 4.68 Å². The third-order valence-electron chi connectivity index (χ3n) is 4.29. The van der Waals surface area contributed by atoms with Gasteiger partial charge in [-0.1, -0.05) is 12.1 Å². The van der Waals surface area contributed by atoms with Gasteiger partial charge in [0, 0.05) is 17.7 Å². The first kappa shape index (κ1) is 19.8. The molecule has 0 aliphatic rings. The largest absolute Gasteiger partial charge is 0.497 e. The molecule has 0 aliphatic carbocycles. The molecule has 0 aliphatic heterocycles. The van der Waals surface area contributed by atoms with E-state index in [1.165, 1.54) is 4.68 Å². The lowest BCUT2D eigenvalue weighted by atomic mass is 10.1. The van der Waals surface area contributed by atoms with Crippen LogP contribution in [-0.4, -0.2) is 22.8 Å². The van der Waals surface area contributed by atoms with Crippen LogP contribution in [0.25, 0.3) is 0 Å². The summed E-state index contributed by atoms with van der Waals surface area (Å²) in [6.07, 6.45) is 0.413. The Morgan fingerprint density at radius 3 is 2.66 bits per heavy atom. The molecule has 7 heteroatoms. The molecule has 0 atom stereocenters. The average molecular weight is 388 g/mol. The smallest absolute Gasteiger partial charge is 0.270 e. The van der Waals surface area contributed by atoms with Crippen LogP contribution in [0.3, 0.4) is 0 Å². The molecule has 0 radical (unpaired) electrons. The van der Waals surface area contributed by atoms with E-state index in [0.29, 0.717) is 28.9 Å². The minimum Gasteiger partial charge on any atom is -0.497 e. The van der Waals surface area contributed by atoms with Gasteiger partial charge in [0.2, 0.25) is 5.91 Å². The number of ether oxygens (including phenoxy) is 1. The highest BCUT2D eigenvalue weighted by molar-refractivity contribution is 5.90. The summed E-state index contributed by atoms with van der Waals surface area (Å²) in [7, 11) is 1.59. The summed E-state index contributed by atoms with van der Waals surface area (Å²) in [5.74, 6) is 0.345. The van der Waals surface area contributed by atoms with Gasteiger partial charge in [0.1, 0.15) is 12.3 Å². The van der Waals surface area contributed by atoms with Crippen LogP contribution in [0.1, 0.15) is 22.4 Å². The van der Waals surface area contributed by atoms with Crippen molar-refractivity contribution in [2.45, 2.75) is 19.9 Å². The zero-order chi connectivity index (χ0) is 20.8. The monoisotopic (exact) mass is 388 g/mol. The van der Waals surface area contributed by atoms with Gasteiger partial charge < -0.3 is 10.1 Å². The van der Waals surface area contributed by atoms with E-state index >= 15 is 0 Å². The molecule has 2 aromatic carbocycles. The number of nitriles is 1. The van der Waals surface area contributed by atoms with Crippen LogP contribution >= 0.6 is 0 Å². The average Bonchev–Trinajstić information content (AvgIpc) is 2.72. The fourth-order valence-corrected chi connectivity index (χ4v) is 2.95. The maximum Gasteiger partial charge on any atom is 0.270 e. The number of carbonyl (C=O) groups excluding carboxylic acids is 1. The van der Waals surface area contributed by atoms with Crippen LogP contribution in [0.2, 0.25) is 0 Å². The maximum atomic E-state index is 12.8. The molecular formula is C22H20N4O3. The third kappa shape index (κ3) is 5.08. The third-order valence-corrected chi connectivity index (χ3v) is 4.29. The number of hydrogen-bond acceptors (Lipinski definition) is 5. The zero-order valence-corrected chi connectivity index (χ0v) is 16.2. The molecule has 146 valence electrons. The zero-order valence-electron chi connectivity index (χ0n) is 16.2. The molecule has 1 N–H and O–H groups in total. The van der Waals surface area contributed by atoms with E-state index in [2.05, 4.69) is 10.4 Å². The number of anilines is 1. The minimum atomic E-state index is -0.373. The summed E-state index contributed by atoms with van der Waals surface area (Å²) in [5, 5.41) is 15.7. The van der Waals surface area contributed by atoms with Gasteiger partial charge in [0.05, 0.1) is 24.4 Å². The van der Waals surface area contributed by atoms with Crippen LogP contribution in [0, 0.1) is 18.3 Å². The fraction of sp³-hybridized carbons (Fsp3) is 0.182. The van der Waals surface area contributed by atoms with Crippen molar-refractivity contribution in [1.82, 2.24) is 9.78 Å². The summed E-state index contributed by atoms with van der Waals surface area (Å²) in [5.41, 5.74) is 2.87. The quantitative estimate of drug-likeness (QED) is 0.700. The maximum absolute atomic E-state index is 12.8. The Morgan fingerprint density at radius 1 is 1.21 bits per heavy atom. The molecule has 1 heterocycles. The predicted molar refractivity (Wildman–Crippen MR) is 109 cm³/mol. The Labute approximate surface area is 168 Å². The Balaban J connectivity index is 1.78. The van der Waals surface area contributed by atoms with Crippen molar-refractivity contribution in [2.75, 3.05) is 12.4 Å². The van der Waals surface area contributed by atoms with Crippen LogP contribution in [0.15, 0.2) is 59.4 Å². The van der Waals surface area contributed by atoms with Crippen molar-refractivity contribution < 1.29 is 9.53 Å². The van der Waals surface area contributed by atoms with Crippen LogP contribution < -0.4 is 15.6 Å². The fourth-order valence-electron chi connectivity index (χ4n) is 2.95. The van der Waals surface area contributed by atoms with Gasteiger partial charge in [-0.3, -0.25) is 9.59 Å². The summed E-state index contributed by atoms with van der Waals surface area (Å²) in [6, 6.07) is 17.7. The summed E-state index contributed by atoms with van der Waals surface area (Å²) in [6.45, 7) is 1.58. The van der Waals surface area contributed by atoms with E-state index in [-0.39, 0.29) is 18.0 Å². The number of carbonyl (C=O) groups is 1. The Morgan fingerprint density at radius 2 is 1.97 bits per heavy atom. The number of nitrogens with zero attached hydrogens (tertiary/aromatic N) is 3. The molecule has 0 unspecified atom stereocenters. The Bertz CT molecular complexity index is 1130. The van der Waals surface area contributed by atoms with Crippen molar-refractivity contribution in [1.29, 1.82) is 5.26 Å². The first-order valence-corrected chi connectivity index (χ1v) is 8.99. The van der Waals surface area contributed by atoms with Crippen molar-refractivity contribution in [2.24, 2.45) is 0 Å². The number of aromatic nitrogens is 2. The Kier molecular flexibility index (Phi) is 6.05. The molecule has 1 aromatic heterocycles. The number of amides is 1. The molecule has 0 saturated carbocycles. The second-order valence-corrected chi connectivity index (χ2v) is 6.54. The molecule has 3 rings (SSSR count). The van der Waals surface area contributed by atoms with Crippen LogP contribution in [0.5, 0.6) is 5.75 Å². The molecule has 1 amide bonds. The van der Waals surface area contributed by atoms with Gasteiger partial charge in [-0.15, -0.1) is 0 Å². The number of aryl methyl sites for hydroxylation is 1. The Hall–Kier alpha value is -3.92. The van der Waals surface area contributed by atoms with E-state index in [0.717, 1.165) is 11.3 Å². The van der Waals surface area contributed by atoms with E-state index in [1.54, 1.807) is 44.4 Å². The first-order valence-electron chi connectivity index (χ1n) is 8.99. The second-order valence-electron chi connectivity index (χ2n) is 6.54. The molecule has 29 heavy (non-hydrogen) atoms. The minimum absolute atomic E-state index is 0.203. The summed E-state index contributed by atoms with van der Waals surface area (Å²) in [4.78, 5) is 25.2. The van der Waals surface area contributed by atoms with Crippen molar-refractivity contribution in [3.63, 3.8) is 0 Å². The molecule has 7 nitrogen and oxygen atoms in total. The van der Waals surface area contributed by atoms with Crippen molar-refractivity contribution in [3.05, 3.63) is 87.3 Å². The number of rotatable bonds is 6. The number of hydrogen-bond donors (Lipinski definition) is 1. The molecule has 0 spiro atoms. The predicted octanol–water partition coefficient (Wildman–Crippen LogP) is 2.66. The highest BCUT2D eigenvalue weighted by Gasteiger charge is 2.12. The first-order chi connectivity index (χ1) is 14.0. The topological polar surface area (TPSA) is 97.0 Å². The van der Waals surface area contributed by atoms with Gasteiger partial charge >= 0.3 is 0 Å². The van der Waals surface area contributed by atoms with Crippen LogP contribution in [0.4, 0.5) is 5.69 Å². The van der Waals surface area contributed by atoms with Crippen molar-refractivity contribution >= 4 is 11.6 Å². The summed E-state index contributed by atoms with van der Waals surface area (Å²) < 4.78 is 6.40. The van der Waals surface area contributed by atoms with E-state index in [1.807, 2.05) is 30.3 Å². The van der Waals surface area contributed by atoms with E-state index in [9.17, 15) is 9.59 Å². The lowest BCUT2D eigenvalue weighted by Gasteiger charge is -2.10. The van der Waals surface area contributed by atoms with Crippen molar-refractivity contribution in [3.8, 4) is 11.8 Å². The number of methoxy groups -OCH3 is 1. The molecule has 0 fully saturated rings. The molecule has 0 saturated heterocycles. The number of nitrogens with one attached hydrogen (secondary N) is 1. The normalized spacial score (nSPS) is 10.2. The summed E-state index contributed by atoms with van der Waals surface area (Å²) >= 11 is 0. The SMILES string of the molecule is COc1cccc(Cc2cc(C)nn(CC(=O)Nc3ccc(C#N)cc3)c2=O)c1. The van der Waals surface area contributed by atoms with Crippen LogP contribution in [-0.2, 0) is 17.8 Å². The molecule has 0 bridgehead atoms. The van der Waals surface area contributed by atoms with Gasteiger partial charge in [0.25, 0.3) is 5.56 Å². The second kappa shape index (κ2) is 8.85. The van der Waals surface area contributed by atoms with Gasteiger partial charge in [-0.05, 0) is 55.0 Å². The highest BCUT2D eigenvalue weighted by Crippen LogP contribution is 2.15. The number of benzene rings is 2. The molecule has 3 aromatic rings. The molecular weight excluding hydrogens is 368 g/mol. The highest BCUT2D eigenvalue weighted by atomic mass is 16.5. The van der Waals surface area contributed by atoms with Gasteiger partial charge in [-0.2, -0.15) is 10.4 Å². The lowest BCUT2D eigenvalue weighted by molar-refractivity contribution is -0.117. The standard InChI is InChI=1S/C22H20N4O3/c1-15-10-18(11-17-4-3-5-20(12-17)29-2)22(28)26(25-15)14-21(27)24-19-8-6-16(13-23)7-9-19/h3-10,12H,11,14H2,1-2H3,(H,24,27).